The minimum absolute atomic E-state index is 0.00346. The molecule has 29 heavy (non-hydrogen) atoms. The van der Waals surface area contributed by atoms with Crippen molar-refractivity contribution >= 4 is 27.6 Å². The first kappa shape index (κ1) is 22.4. The molecular formula is C21H25NO6S. The monoisotopic (exact) mass is 419 g/mol. The highest BCUT2D eigenvalue weighted by atomic mass is 32.2. The van der Waals surface area contributed by atoms with Crippen molar-refractivity contribution in [3.8, 4) is 0 Å². The quantitative estimate of drug-likeness (QED) is 0.579. The van der Waals surface area contributed by atoms with E-state index in [9.17, 15) is 18.0 Å². The molecule has 0 unspecified atom stereocenters. The van der Waals surface area contributed by atoms with E-state index in [4.69, 9.17) is 9.47 Å². The van der Waals surface area contributed by atoms with Gasteiger partial charge in [-0.1, -0.05) is 30.3 Å². The molecule has 0 saturated heterocycles. The normalized spacial score (nSPS) is 11.0. The summed E-state index contributed by atoms with van der Waals surface area (Å²) < 4.78 is 37.8. The number of rotatable bonds is 9. The average molecular weight is 419 g/mol. The number of hydrogen-bond donors (Lipinski definition) is 0. The van der Waals surface area contributed by atoms with E-state index in [1.165, 1.54) is 19.2 Å². The number of para-hydroxylation sites is 1. The Hall–Kier alpha value is -2.87. The Morgan fingerprint density at radius 3 is 2.34 bits per heavy atom. The summed E-state index contributed by atoms with van der Waals surface area (Å²) in [4.78, 5) is 24.0. The van der Waals surface area contributed by atoms with Gasteiger partial charge in [0, 0.05) is 13.0 Å². The number of sulfonamides is 1. The maximum Gasteiger partial charge on any atom is 0.340 e. The van der Waals surface area contributed by atoms with Crippen LogP contribution in [0.5, 0.6) is 0 Å². The molecule has 0 radical (unpaired) electrons. The molecule has 7 nitrogen and oxygen atoms in total. The Morgan fingerprint density at radius 2 is 1.69 bits per heavy atom. The van der Waals surface area contributed by atoms with Gasteiger partial charge in [0.1, 0.15) is 0 Å². The first-order valence-electron chi connectivity index (χ1n) is 9.24. The van der Waals surface area contributed by atoms with Crippen LogP contribution in [0.4, 0.5) is 5.69 Å². The SMILES string of the molecule is CCOC(=O)CCCN(c1ccccc1C(=O)OC)S(=O)(=O)c1ccccc1C. The highest BCUT2D eigenvalue weighted by molar-refractivity contribution is 7.92. The number of aryl methyl sites for hydroxylation is 1. The van der Waals surface area contributed by atoms with E-state index in [2.05, 4.69) is 0 Å². The van der Waals surface area contributed by atoms with Gasteiger partial charge in [-0.15, -0.1) is 0 Å². The number of esters is 2. The highest BCUT2D eigenvalue weighted by Gasteiger charge is 2.29. The lowest BCUT2D eigenvalue weighted by atomic mass is 10.1. The predicted octanol–water partition coefficient (Wildman–Crippen LogP) is 3.32. The van der Waals surface area contributed by atoms with Crippen molar-refractivity contribution < 1.29 is 27.5 Å². The van der Waals surface area contributed by atoms with Crippen LogP contribution in [0, 0.1) is 6.92 Å². The number of methoxy groups -OCH3 is 1. The Morgan fingerprint density at radius 1 is 1.03 bits per heavy atom. The van der Waals surface area contributed by atoms with Crippen molar-refractivity contribution in [3.05, 3.63) is 59.7 Å². The summed E-state index contributed by atoms with van der Waals surface area (Å²) in [7, 11) is -2.75. The largest absolute Gasteiger partial charge is 0.466 e. The summed E-state index contributed by atoms with van der Waals surface area (Å²) in [5, 5.41) is 0. The van der Waals surface area contributed by atoms with E-state index in [-0.39, 0.29) is 42.1 Å². The van der Waals surface area contributed by atoms with Gasteiger partial charge in [-0.25, -0.2) is 13.2 Å². The summed E-state index contributed by atoms with van der Waals surface area (Å²) in [5.41, 5.74) is 0.910. The van der Waals surface area contributed by atoms with Crippen molar-refractivity contribution in [1.82, 2.24) is 0 Å². The molecule has 0 spiro atoms. The van der Waals surface area contributed by atoms with Gasteiger partial charge in [-0.2, -0.15) is 0 Å². The molecule has 2 aromatic carbocycles. The van der Waals surface area contributed by atoms with Gasteiger partial charge in [0.15, 0.2) is 0 Å². The minimum atomic E-state index is -3.99. The molecule has 0 aliphatic heterocycles. The number of ether oxygens (including phenoxy) is 2. The molecule has 0 aliphatic carbocycles. The van der Waals surface area contributed by atoms with Crippen LogP contribution in [-0.4, -0.2) is 40.6 Å². The topological polar surface area (TPSA) is 90.0 Å². The van der Waals surface area contributed by atoms with Crippen LogP contribution in [0.2, 0.25) is 0 Å². The first-order valence-corrected chi connectivity index (χ1v) is 10.7. The molecule has 0 amide bonds. The number of carbonyl (C=O) groups excluding carboxylic acids is 2. The fourth-order valence-corrected chi connectivity index (χ4v) is 4.66. The van der Waals surface area contributed by atoms with Gasteiger partial charge >= 0.3 is 11.9 Å². The van der Waals surface area contributed by atoms with E-state index in [1.54, 1.807) is 50.2 Å². The van der Waals surface area contributed by atoms with Crippen LogP contribution in [0.15, 0.2) is 53.4 Å². The Kier molecular flexibility index (Phi) is 7.78. The van der Waals surface area contributed by atoms with Crippen molar-refractivity contribution in [3.63, 3.8) is 0 Å². The predicted molar refractivity (Wildman–Crippen MR) is 109 cm³/mol. The fraction of sp³-hybridized carbons (Fsp3) is 0.333. The summed E-state index contributed by atoms with van der Waals surface area (Å²) in [6.07, 6.45) is 0.299. The van der Waals surface area contributed by atoms with Crippen molar-refractivity contribution in [2.24, 2.45) is 0 Å². The van der Waals surface area contributed by atoms with Crippen LogP contribution in [-0.2, 0) is 24.3 Å². The molecule has 0 atom stereocenters. The van der Waals surface area contributed by atoms with Crippen LogP contribution >= 0.6 is 0 Å². The molecule has 0 bridgehead atoms. The maximum absolute atomic E-state index is 13.5. The summed E-state index contributed by atoms with van der Waals surface area (Å²) in [6.45, 7) is 3.67. The Bertz CT molecular complexity index is 971. The summed E-state index contributed by atoms with van der Waals surface area (Å²) >= 11 is 0. The zero-order valence-electron chi connectivity index (χ0n) is 16.8. The number of hydrogen-bond acceptors (Lipinski definition) is 6. The van der Waals surface area contributed by atoms with E-state index >= 15 is 0 Å². The molecule has 2 rings (SSSR count). The first-order chi connectivity index (χ1) is 13.8. The molecule has 0 aromatic heterocycles. The van der Waals surface area contributed by atoms with E-state index in [0.29, 0.717) is 5.56 Å². The molecule has 8 heteroatoms. The van der Waals surface area contributed by atoms with Crippen LogP contribution in [0.3, 0.4) is 0 Å². The number of carbonyl (C=O) groups is 2. The third kappa shape index (κ3) is 5.35. The molecule has 0 saturated carbocycles. The zero-order valence-corrected chi connectivity index (χ0v) is 17.6. The third-order valence-corrected chi connectivity index (χ3v) is 6.26. The van der Waals surface area contributed by atoms with Crippen molar-refractivity contribution in [2.75, 3.05) is 24.6 Å². The minimum Gasteiger partial charge on any atom is -0.466 e. The molecular weight excluding hydrogens is 394 g/mol. The highest BCUT2D eigenvalue weighted by Crippen LogP contribution is 2.29. The molecule has 2 aromatic rings. The third-order valence-electron chi connectivity index (χ3n) is 4.29. The van der Waals surface area contributed by atoms with E-state index < -0.39 is 22.0 Å². The number of nitrogens with zero attached hydrogens (tertiary/aromatic N) is 1. The molecule has 0 N–H and O–H groups in total. The van der Waals surface area contributed by atoms with Crippen molar-refractivity contribution in [1.29, 1.82) is 0 Å². The fourth-order valence-electron chi connectivity index (χ4n) is 2.91. The standard InChI is InChI=1S/C21H25NO6S/c1-4-28-20(23)14-9-15-22(18-12-7-6-11-17(18)21(24)27-3)29(25,26)19-13-8-5-10-16(19)2/h5-8,10-13H,4,9,14-15H2,1-3H3. The van der Waals surface area contributed by atoms with Crippen LogP contribution < -0.4 is 4.31 Å². The number of anilines is 1. The lowest BCUT2D eigenvalue weighted by molar-refractivity contribution is -0.143. The van der Waals surface area contributed by atoms with Gasteiger partial charge in [-0.05, 0) is 44.0 Å². The smallest absolute Gasteiger partial charge is 0.340 e. The second kappa shape index (κ2) is 10.1. The van der Waals surface area contributed by atoms with Crippen molar-refractivity contribution in [2.45, 2.75) is 31.6 Å². The molecule has 0 aliphatic rings. The van der Waals surface area contributed by atoms with Gasteiger partial charge in [0.05, 0.1) is 29.9 Å². The van der Waals surface area contributed by atoms with Gasteiger partial charge in [-0.3, -0.25) is 9.10 Å². The van der Waals surface area contributed by atoms with E-state index in [0.717, 1.165) is 4.31 Å². The Balaban J connectivity index is 2.49. The number of benzene rings is 2. The molecule has 0 fully saturated rings. The van der Waals surface area contributed by atoms with Crippen LogP contribution in [0.25, 0.3) is 0 Å². The van der Waals surface area contributed by atoms with Gasteiger partial charge in [0.25, 0.3) is 10.0 Å². The van der Waals surface area contributed by atoms with Crippen LogP contribution in [0.1, 0.15) is 35.7 Å². The average Bonchev–Trinajstić information content (AvgIpc) is 2.71. The maximum atomic E-state index is 13.5. The summed E-state index contributed by atoms with van der Waals surface area (Å²) in [6, 6.07) is 12.9. The molecule has 156 valence electrons. The molecule has 0 heterocycles. The lowest BCUT2D eigenvalue weighted by Gasteiger charge is -2.26. The summed E-state index contributed by atoms with van der Waals surface area (Å²) in [5.74, 6) is -1.04. The van der Waals surface area contributed by atoms with E-state index in [1.807, 2.05) is 0 Å². The zero-order chi connectivity index (χ0) is 21.4. The Labute approximate surface area is 171 Å². The van der Waals surface area contributed by atoms with Gasteiger partial charge < -0.3 is 9.47 Å². The van der Waals surface area contributed by atoms with Gasteiger partial charge in [0.2, 0.25) is 0 Å². The lowest BCUT2D eigenvalue weighted by Crippen LogP contribution is -2.34. The second-order valence-corrected chi connectivity index (χ2v) is 8.09. The second-order valence-electron chi connectivity index (χ2n) is 6.26.